The van der Waals surface area contributed by atoms with Gasteiger partial charge in [0.15, 0.2) is 0 Å². The lowest BCUT2D eigenvalue weighted by Crippen LogP contribution is -2.64. The number of benzene rings is 11. The molecular formula is C70H59BN4. The van der Waals surface area contributed by atoms with E-state index in [2.05, 4.69) is 263 Å². The largest absolute Gasteiger partial charge is 0.353 e. The minimum Gasteiger partial charge on any atom is -0.353 e. The van der Waals surface area contributed by atoms with Crippen LogP contribution in [-0.4, -0.2) is 15.8 Å². The third kappa shape index (κ3) is 5.95. The molecule has 11 aromatic carbocycles. The van der Waals surface area contributed by atoms with E-state index in [1.54, 1.807) is 0 Å². The van der Waals surface area contributed by atoms with Crippen LogP contribution in [0.5, 0.6) is 0 Å². The molecule has 0 radical (unpaired) electrons. The molecule has 4 nitrogen and oxygen atoms in total. The fraction of sp³-hybridized carbons (Fsp3) is 0.171. The maximum atomic E-state index is 2.65. The van der Waals surface area contributed by atoms with Gasteiger partial charge in [0.05, 0.1) is 11.4 Å². The molecule has 0 amide bonds. The smallest absolute Gasteiger partial charge is 0.292 e. The Kier molecular flexibility index (Phi) is 9.22. The third-order valence-electron chi connectivity index (χ3n) is 18.6. The number of hydrogen-bond acceptors (Lipinski definition) is 2. The molecule has 0 spiro atoms. The van der Waals surface area contributed by atoms with Gasteiger partial charge in [-0.05, 0) is 166 Å². The van der Waals surface area contributed by atoms with Gasteiger partial charge in [-0.25, -0.2) is 0 Å². The maximum absolute atomic E-state index is 2.65. The number of aryl methyl sites for hydroxylation is 2. The first kappa shape index (κ1) is 44.2. The molecule has 0 aliphatic carbocycles. The van der Waals surface area contributed by atoms with E-state index in [0.717, 1.165) is 24.2 Å². The molecular weight excluding hydrogens is 908 g/mol. The predicted octanol–water partition coefficient (Wildman–Crippen LogP) is 17.0. The highest BCUT2D eigenvalue weighted by molar-refractivity contribution is 7.00. The summed E-state index contributed by atoms with van der Waals surface area (Å²) in [5.74, 6) is 0. The van der Waals surface area contributed by atoms with Crippen molar-refractivity contribution >= 4 is 144 Å². The van der Waals surface area contributed by atoms with Crippen molar-refractivity contribution in [2.45, 2.75) is 65.2 Å². The lowest BCUT2D eigenvalue weighted by Gasteiger charge is -2.43. The van der Waals surface area contributed by atoms with Crippen LogP contribution in [-0.2, 0) is 24.9 Å². The molecule has 0 atom stereocenters. The zero-order valence-corrected chi connectivity index (χ0v) is 44.2. The van der Waals surface area contributed by atoms with Gasteiger partial charge in [0.2, 0.25) is 0 Å². The standard InChI is InChI=1S/C70H59BN4/c1-9-69(3,4)42-30-36-60-58(38-42)65-67(72(60)7)71-64-62(74(65)44-32-34-54-50-24-13-11-20-46(50)48-22-15-17-26-52(48)56(54)40-44)28-19-29-63(64)75(66-59-39-43(70(5,6)10-2)31-37-61(59)73(8)68(66)71)45-33-35-55-51-25-14-12-21-47(51)49-23-16-18-27-53(49)57(55)41-45/h11-41H,9-10H2,1-8H3. The second-order valence-electron chi connectivity index (χ2n) is 23.0. The van der Waals surface area contributed by atoms with Gasteiger partial charge in [-0.3, -0.25) is 0 Å². The Labute approximate surface area is 439 Å². The molecule has 2 aliphatic heterocycles. The zero-order chi connectivity index (χ0) is 50.8. The van der Waals surface area contributed by atoms with Crippen molar-refractivity contribution in [2.24, 2.45) is 14.1 Å². The Hall–Kier alpha value is -8.28. The topological polar surface area (TPSA) is 16.3 Å². The molecule has 4 heterocycles. The van der Waals surface area contributed by atoms with Crippen molar-refractivity contribution in [1.29, 1.82) is 0 Å². The van der Waals surface area contributed by atoms with Crippen molar-refractivity contribution in [3.05, 3.63) is 199 Å². The quantitative estimate of drug-likeness (QED) is 0.122. The number of anilines is 6. The van der Waals surface area contributed by atoms with E-state index in [1.165, 1.54) is 137 Å². The van der Waals surface area contributed by atoms with Crippen molar-refractivity contribution < 1.29 is 0 Å². The molecule has 0 bridgehead atoms. The van der Waals surface area contributed by atoms with Gasteiger partial charge in [0.1, 0.15) is 0 Å². The van der Waals surface area contributed by atoms with Gasteiger partial charge in [-0.1, -0.05) is 169 Å². The van der Waals surface area contributed by atoms with E-state index >= 15 is 0 Å². The van der Waals surface area contributed by atoms with Gasteiger partial charge in [-0.15, -0.1) is 0 Å². The summed E-state index contributed by atoms with van der Waals surface area (Å²) in [6.07, 6.45) is 2.09. The Bertz CT molecular complexity index is 4260. The second kappa shape index (κ2) is 15.6. The number of rotatable bonds is 6. The minimum atomic E-state index is -0.0794. The Balaban J connectivity index is 1.08. The van der Waals surface area contributed by atoms with Crippen molar-refractivity contribution in [3.63, 3.8) is 0 Å². The second-order valence-corrected chi connectivity index (χ2v) is 23.0. The average molecular weight is 967 g/mol. The predicted molar refractivity (Wildman–Crippen MR) is 325 cm³/mol. The summed E-state index contributed by atoms with van der Waals surface area (Å²) in [7, 11) is 4.65. The average Bonchev–Trinajstić information content (AvgIpc) is 3.94. The summed E-state index contributed by atoms with van der Waals surface area (Å²) in [6.45, 7) is 14.1. The molecule has 0 saturated heterocycles. The monoisotopic (exact) mass is 966 g/mol. The molecule has 0 N–H and O–H groups in total. The number of fused-ring (bicyclic) bond motifs is 20. The lowest BCUT2D eigenvalue weighted by molar-refractivity contribution is 0.507. The first-order valence-corrected chi connectivity index (χ1v) is 27.1. The molecule has 5 heteroatoms. The third-order valence-corrected chi connectivity index (χ3v) is 18.6. The van der Waals surface area contributed by atoms with E-state index in [-0.39, 0.29) is 17.5 Å². The van der Waals surface area contributed by atoms with E-state index < -0.39 is 0 Å². The molecule has 13 aromatic rings. The van der Waals surface area contributed by atoms with Crippen LogP contribution >= 0.6 is 0 Å². The lowest BCUT2D eigenvalue weighted by atomic mass is 9.36. The van der Waals surface area contributed by atoms with Crippen molar-refractivity contribution in [3.8, 4) is 0 Å². The maximum Gasteiger partial charge on any atom is 0.292 e. The van der Waals surface area contributed by atoms with Crippen LogP contribution in [0.4, 0.5) is 34.1 Å². The van der Waals surface area contributed by atoms with Crippen molar-refractivity contribution in [1.82, 2.24) is 9.13 Å². The van der Waals surface area contributed by atoms with Crippen molar-refractivity contribution in [2.75, 3.05) is 9.80 Å². The Morgan fingerprint density at radius 3 is 1.03 bits per heavy atom. The summed E-state index contributed by atoms with van der Waals surface area (Å²) in [5, 5.41) is 17.9. The van der Waals surface area contributed by atoms with E-state index in [9.17, 15) is 0 Å². The van der Waals surface area contributed by atoms with Gasteiger partial charge in [0.25, 0.3) is 6.71 Å². The highest BCUT2D eigenvalue weighted by atomic mass is 15.2. The summed E-state index contributed by atoms with van der Waals surface area (Å²) in [5.41, 5.74) is 16.5. The summed E-state index contributed by atoms with van der Waals surface area (Å²) < 4.78 is 5.09. The molecule has 362 valence electrons. The van der Waals surface area contributed by atoms with E-state index in [0.29, 0.717) is 0 Å². The highest BCUT2D eigenvalue weighted by Crippen LogP contribution is 2.51. The highest BCUT2D eigenvalue weighted by Gasteiger charge is 2.48. The van der Waals surface area contributed by atoms with Crippen LogP contribution in [0.25, 0.3) is 86.4 Å². The van der Waals surface area contributed by atoms with Crippen LogP contribution in [0.1, 0.15) is 65.5 Å². The van der Waals surface area contributed by atoms with Gasteiger partial charge in [0, 0.05) is 69.8 Å². The first-order chi connectivity index (χ1) is 36.5. The number of aromatic nitrogens is 2. The molecule has 0 fully saturated rings. The van der Waals surface area contributed by atoms with Gasteiger partial charge < -0.3 is 18.9 Å². The van der Waals surface area contributed by atoms with Crippen LogP contribution in [0, 0.1) is 0 Å². The fourth-order valence-corrected chi connectivity index (χ4v) is 13.7. The van der Waals surface area contributed by atoms with Crippen LogP contribution in [0.15, 0.2) is 188 Å². The van der Waals surface area contributed by atoms with Crippen LogP contribution < -0.4 is 26.4 Å². The minimum absolute atomic E-state index is 0.000202. The normalized spacial score (nSPS) is 13.6. The number of hydrogen-bond donors (Lipinski definition) is 0. The summed E-state index contributed by atoms with van der Waals surface area (Å²) in [4.78, 5) is 5.29. The molecule has 2 aliphatic rings. The SMILES string of the molecule is CCC(C)(C)c1ccc2c(c1)c1c(n2C)B2c3c(cccc3N(c3ccc4c5ccccc5c5ccccc5c4c3)c3c2n(C)c2ccc(C(C)(C)CC)cc32)N1c1ccc2c3ccccc3c3ccccc3c2c1. The molecule has 2 aromatic heterocycles. The molecule has 75 heavy (non-hydrogen) atoms. The van der Waals surface area contributed by atoms with Crippen LogP contribution in [0.3, 0.4) is 0 Å². The Morgan fingerprint density at radius 1 is 0.347 bits per heavy atom. The van der Waals surface area contributed by atoms with Gasteiger partial charge in [-0.2, -0.15) is 0 Å². The Morgan fingerprint density at radius 2 is 0.680 bits per heavy atom. The van der Waals surface area contributed by atoms with E-state index in [4.69, 9.17) is 0 Å². The number of nitrogens with zero attached hydrogens (tertiary/aromatic N) is 4. The summed E-state index contributed by atoms with van der Waals surface area (Å²) >= 11 is 0. The zero-order valence-electron chi connectivity index (χ0n) is 44.2. The van der Waals surface area contributed by atoms with Crippen LogP contribution in [0.2, 0.25) is 0 Å². The van der Waals surface area contributed by atoms with Gasteiger partial charge >= 0.3 is 0 Å². The molecule has 0 unspecified atom stereocenters. The molecule has 15 rings (SSSR count). The fourth-order valence-electron chi connectivity index (χ4n) is 13.7. The molecule has 0 saturated carbocycles. The summed E-state index contributed by atoms with van der Waals surface area (Å²) in [6, 6.07) is 72.2. The first-order valence-electron chi connectivity index (χ1n) is 27.1. The van der Waals surface area contributed by atoms with E-state index in [1.807, 2.05) is 0 Å².